The van der Waals surface area contributed by atoms with Gasteiger partial charge in [-0.15, -0.1) is 0 Å². The minimum absolute atomic E-state index is 0.0298. The molecule has 0 spiro atoms. The van der Waals surface area contributed by atoms with Crippen LogP contribution in [0.4, 0.5) is 0 Å². The van der Waals surface area contributed by atoms with E-state index in [1.165, 1.54) is 0 Å². The van der Waals surface area contributed by atoms with Gasteiger partial charge in [0.2, 0.25) is 6.79 Å². The molecule has 0 bridgehead atoms. The summed E-state index contributed by atoms with van der Waals surface area (Å²) in [5.41, 5.74) is 5.06. The largest absolute Gasteiger partial charge is 0.491 e. The second-order valence-electron chi connectivity index (χ2n) is 8.85. The zero-order valence-electron chi connectivity index (χ0n) is 21.8. The van der Waals surface area contributed by atoms with E-state index in [0.717, 1.165) is 46.4 Å². The highest BCUT2D eigenvalue weighted by atomic mass is 31.2. The smallest absolute Gasteiger partial charge is 0.391 e. The number of benzene rings is 3. The Hall–Kier alpha value is -3.13. The van der Waals surface area contributed by atoms with Crippen molar-refractivity contribution in [3.05, 3.63) is 83.4 Å². The molecule has 1 aliphatic rings. The predicted molar refractivity (Wildman–Crippen MR) is 148 cm³/mol. The van der Waals surface area contributed by atoms with E-state index in [-0.39, 0.29) is 19.4 Å². The summed E-state index contributed by atoms with van der Waals surface area (Å²) in [6, 6.07) is 20.9. The van der Waals surface area contributed by atoms with Gasteiger partial charge in [-0.1, -0.05) is 44.2 Å². The summed E-state index contributed by atoms with van der Waals surface area (Å²) >= 11 is 0. The van der Waals surface area contributed by atoms with Crippen LogP contribution >= 0.6 is 8.60 Å². The molecule has 0 saturated heterocycles. The van der Waals surface area contributed by atoms with Crippen molar-refractivity contribution in [3.63, 3.8) is 0 Å². The Kier molecular flexibility index (Phi) is 9.61. The molecular formula is C29H34NO7P. The molecule has 2 unspecified atom stereocenters. The molecular weight excluding hydrogens is 505 g/mol. The van der Waals surface area contributed by atoms with Crippen LogP contribution in [0.25, 0.3) is 11.1 Å². The molecule has 202 valence electrons. The van der Waals surface area contributed by atoms with Crippen LogP contribution in [0.2, 0.25) is 0 Å². The molecule has 0 fully saturated rings. The van der Waals surface area contributed by atoms with Gasteiger partial charge in [0.1, 0.15) is 24.2 Å². The molecule has 1 heterocycles. The molecule has 0 aliphatic carbocycles. The molecule has 0 saturated carbocycles. The maximum absolute atomic E-state index is 10.4. The third kappa shape index (κ3) is 6.65. The Morgan fingerprint density at radius 2 is 1.50 bits per heavy atom. The normalized spacial score (nSPS) is 14.7. The van der Waals surface area contributed by atoms with Crippen LogP contribution in [0, 0.1) is 0 Å². The van der Waals surface area contributed by atoms with Crippen molar-refractivity contribution in [2.45, 2.75) is 38.8 Å². The Balaban J connectivity index is 1.69. The molecule has 3 aromatic carbocycles. The highest BCUT2D eigenvalue weighted by Crippen LogP contribution is 2.40. The van der Waals surface area contributed by atoms with Crippen molar-refractivity contribution in [2.24, 2.45) is 0 Å². The standard InChI is InChI=1S/C29H34NO7P/c1-4-24(21-10-15-27-28(16-21)36-18-35-27)29(20-8-13-23(14-9-20)37-38(32)33)19-6-11-22(12-7-19)34-17-26(31)25(5-2)30-3/h6-16,25-26,30-33H,4-5,17-18H2,1-3H3. The molecule has 9 heteroatoms. The average molecular weight is 540 g/mol. The number of aliphatic hydroxyl groups excluding tert-OH is 1. The van der Waals surface area contributed by atoms with Gasteiger partial charge in [0, 0.05) is 6.04 Å². The number of nitrogens with one attached hydrogen (secondary N) is 1. The number of likely N-dealkylation sites (N-methyl/N-ethyl adjacent to an activating group) is 1. The summed E-state index contributed by atoms with van der Waals surface area (Å²) in [6.45, 7) is 4.52. The highest BCUT2D eigenvalue weighted by Gasteiger charge is 2.19. The van der Waals surface area contributed by atoms with E-state index in [2.05, 4.69) is 12.2 Å². The maximum atomic E-state index is 10.4. The second kappa shape index (κ2) is 13.1. The number of ether oxygens (including phenoxy) is 3. The van der Waals surface area contributed by atoms with Crippen molar-refractivity contribution in [3.8, 4) is 23.0 Å². The van der Waals surface area contributed by atoms with Gasteiger partial charge in [0.05, 0.1) is 0 Å². The Bertz CT molecular complexity index is 1220. The van der Waals surface area contributed by atoms with E-state index in [9.17, 15) is 14.9 Å². The van der Waals surface area contributed by atoms with Crippen LogP contribution in [0.5, 0.6) is 23.0 Å². The zero-order chi connectivity index (χ0) is 27.1. The first-order valence-corrected chi connectivity index (χ1v) is 13.8. The maximum Gasteiger partial charge on any atom is 0.391 e. The molecule has 0 amide bonds. The quantitative estimate of drug-likeness (QED) is 0.186. The first kappa shape index (κ1) is 27.9. The van der Waals surface area contributed by atoms with Crippen LogP contribution < -0.4 is 24.1 Å². The minimum atomic E-state index is -2.49. The van der Waals surface area contributed by atoms with Crippen LogP contribution in [0.3, 0.4) is 0 Å². The van der Waals surface area contributed by atoms with Crippen molar-refractivity contribution in [1.29, 1.82) is 0 Å². The van der Waals surface area contributed by atoms with Gasteiger partial charge in [-0.2, -0.15) is 0 Å². The van der Waals surface area contributed by atoms with Crippen LogP contribution in [-0.2, 0) is 0 Å². The van der Waals surface area contributed by atoms with Gasteiger partial charge in [-0.05, 0) is 84.1 Å². The van der Waals surface area contributed by atoms with E-state index < -0.39 is 14.7 Å². The molecule has 2 atom stereocenters. The summed E-state index contributed by atoms with van der Waals surface area (Å²) < 4.78 is 22.0. The zero-order valence-corrected chi connectivity index (χ0v) is 22.7. The molecule has 1 aliphatic heterocycles. The minimum Gasteiger partial charge on any atom is -0.491 e. The summed E-state index contributed by atoms with van der Waals surface area (Å²) in [5, 5.41) is 13.5. The lowest BCUT2D eigenvalue weighted by molar-refractivity contribution is 0.0743. The topological polar surface area (TPSA) is 110 Å². The van der Waals surface area contributed by atoms with E-state index >= 15 is 0 Å². The van der Waals surface area contributed by atoms with Gasteiger partial charge >= 0.3 is 8.60 Å². The number of allylic oxidation sites excluding steroid dienone is 1. The van der Waals surface area contributed by atoms with Gasteiger partial charge in [0.15, 0.2) is 11.5 Å². The van der Waals surface area contributed by atoms with E-state index in [0.29, 0.717) is 17.2 Å². The highest BCUT2D eigenvalue weighted by molar-refractivity contribution is 7.39. The number of fused-ring (bicyclic) bond motifs is 1. The third-order valence-electron chi connectivity index (χ3n) is 6.55. The van der Waals surface area contributed by atoms with Crippen molar-refractivity contribution < 1.29 is 33.6 Å². The first-order chi connectivity index (χ1) is 18.4. The van der Waals surface area contributed by atoms with Gasteiger partial charge in [-0.3, -0.25) is 0 Å². The molecule has 0 radical (unpaired) electrons. The Morgan fingerprint density at radius 3 is 2.08 bits per heavy atom. The number of aliphatic hydroxyl groups is 1. The van der Waals surface area contributed by atoms with E-state index in [1.54, 1.807) is 12.1 Å². The van der Waals surface area contributed by atoms with Crippen molar-refractivity contribution in [2.75, 3.05) is 20.4 Å². The van der Waals surface area contributed by atoms with Gasteiger partial charge < -0.3 is 38.9 Å². The lowest BCUT2D eigenvalue weighted by Crippen LogP contribution is -2.40. The summed E-state index contributed by atoms with van der Waals surface area (Å²) in [5.74, 6) is 2.48. The molecule has 0 aromatic heterocycles. The van der Waals surface area contributed by atoms with Crippen LogP contribution in [0.1, 0.15) is 43.4 Å². The van der Waals surface area contributed by atoms with Gasteiger partial charge in [0.25, 0.3) is 0 Å². The summed E-state index contributed by atoms with van der Waals surface area (Å²) in [6.07, 6.45) is 0.937. The van der Waals surface area contributed by atoms with Crippen LogP contribution in [0.15, 0.2) is 66.7 Å². The SMILES string of the molecule is CCC(=C(c1ccc(OCC(O)C(CC)NC)cc1)c1ccc(OP(O)O)cc1)c1ccc2c(c1)OCO2. The van der Waals surface area contributed by atoms with Crippen molar-refractivity contribution in [1.82, 2.24) is 5.32 Å². The molecule has 38 heavy (non-hydrogen) atoms. The second-order valence-corrected chi connectivity index (χ2v) is 9.54. The lowest BCUT2D eigenvalue weighted by Gasteiger charge is -2.21. The first-order valence-electron chi connectivity index (χ1n) is 12.6. The fourth-order valence-electron chi connectivity index (χ4n) is 4.59. The van der Waals surface area contributed by atoms with Crippen LogP contribution in [-0.4, -0.2) is 47.5 Å². The van der Waals surface area contributed by atoms with Gasteiger partial charge in [-0.25, -0.2) is 0 Å². The summed E-state index contributed by atoms with van der Waals surface area (Å²) in [4.78, 5) is 18.4. The van der Waals surface area contributed by atoms with E-state index in [1.807, 2.05) is 68.6 Å². The number of hydrogen-bond acceptors (Lipinski definition) is 8. The monoisotopic (exact) mass is 539 g/mol. The predicted octanol–water partition coefficient (Wildman–Crippen LogP) is 5.11. The lowest BCUT2D eigenvalue weighted by atomic mass is 9.88. The fourth-order valence-corrected chi connectivity index (χ4v) is 4.90. The fraction of sp³-hybridized carbons (Fsp3) is 0.310. The summed E-state index contributed by atoms with van der Waals surface area (Å²) in [7, 11) is -0.662. The molecule has 3 aromatic rings. The molecule has 8 nitrogen and oxygen atoms in total. The van der Waals surface area contributed by atoms with Crippen molar-refractivity contribution >= 4 is 19.7 Å². The molecule has 4 N–H and O–H groups in total. The Morgan fingerprint density at radius 1 is 0.895 bits per heavy atom. The van der Waals surface area contributed by atoms with E-state index in [4.69, 9.17) is 18.7 Å². The number of rotatable bonds is 12. The average Bonchev–Trinajstić information content (AvgIpc) is 3.40. The third-order valence-corrected chi connectivity index (χ3v) is 6.92. The molecule has 4 rings (SSSR count). The Labute approximate surface area is 224 Å². The number of hydrogen-bond donors (Lipinski definition) is 4.